The van der Waals surface area contributed by atoms with Crippen LogP contribution < -0.4 is 19.7 Å². The lowest BCUT2D eigenvalue weighted by atomic mass is 10.1. The van der Waals surface area contributed by atoms with Crippen molar-refractivity contribution in [3.8, 4) is 27.6 Å². The minimum atomic E-state index is -4.12. The normalized spacial score (nSPS) is 13.6. The molecule has 0 spiro atoms. The standard InChI is InChI=1S/C32H31F2N7O4S2/c1-20(2)30-39-28(21-5-3-6-22(17-21)40-47(42,43)25-8-4-7-24(18-25)45-31(33)34)29(46-30)26-11-12-35-32(38-26)37-23-9-10-27(36-19-23)41-13-15-44-16-14-41/h3-12,17-20,31,40H,13-16H2,1-2H3,(H,35,37,38). The number of hydrogen-bond donors (Lipinski definition) is 2. The Morgan fingerprint density at radius 2 is 1.77 bits per heavy atom. The van der Waals surface area contributed by atoms with Crippen LogP contribution in [0.2, 0.25) is 0 Å². The molecule has 0 bridgehead atoms. The molecule has 0 aliphatic carbocycles. The van der Waals surface area contributed by atoms with E-state index in [1.807, 2.05) is 32.0 Å². The Morgan fingerprint density at radius 1 is 0.957 bits per heavy atom. The Morgan fingerprint density at radius 3 is 2.51 bits per heavy atom. The lowest BCUT2D eigenvalue weighted by Gasteiger charge is -2.27. The third-order valence-electron chi connectivity index (χ3n) is 7.09. The van der Waals surface area contributed by atoms with E-state index < -0.39 is 16.6 Å². The van der Waals surface area contributed by atoms with Crippen LogP contribution in [-0.4, -0.2) is 61.3 Å². The quantitative estimate of drug-likeness (QED) is 0.154. The lowest BCUT2D eigenvalue weighted by Crippen LogP contribution is -2.36. The van der Waals surface area contributed by atoms with Crippen LogP contribution >= 0.6 is 11.3 Å². The van der Waals surface area contributed by atoms with Crippen molar-refractivity contribution in [2.45, 2.75) is 31.3 Å². The van der Waals surface area contributed by atoms with Crippen molar-refractivity contribution in [1.82, 2.24) is 19.9 Å². The van der Waals surface area contributed by atoms with Gasteiger partial charge in [0.15, 0.2) is 0 Å². The maximum atomic E-state index is 13.2. The second kappa shape index (κ2) is 13.9. The molecule has 0 amide bonds. The number of anilines is 4. The number of halogens is 2. The molecule has 0 atom stereocenters. The molecule has 6 rings (SSSR count). The highest BCUT2D eigenvalue weighted by molar-refractivity contribution is 7.92. The molecule has 15 heteroatoms. The number of nitrogens with one attached hydrogen (secondary N) is 2. The fourth-order valence-corrected chi connectivity index (χ4v) is 6.97. The van der Waals surface area contributed by atoms with Crippen molar-refractivity contribution in [2.24, 2.45) is 0 Å². The number of alkyl halides is 2. The maximum absolute atomic E-state index is 13.2. The highest BCUT2D eigenvalue weighted by Crippen LogP contribution is 2.39. The largest absolute Gasteiger partial charge is 0.435 e. The monoisotopic (exact) mass is 679 g/mol. The summed E-state index contributed by atoms with van der Waals surface area (Å²) in [5.41, 5.74) is 2.94. The zero-order valence-corrected chi connectivity index (χ0v) is 27.1. The zero-order valence-electron chi connectivity index (χ0n) is 25.4. The molecule has 11 nitrogen and oxygen atoms in total. The van der Waals surface area contributed by atoms with Gasteiger partial charge in [0.2, 0.25) is 5.95 Å². The van der Waals surface area contributed by atoms with E-state index in [-0.39, 0.29) is 22.3 Å². The van der Waals surface area contributed by atoms with Crippen LogP contribution in [0.15, 0.2) is 84.0 Å². The van der Waals surface area contributed by atoms with Crippen LogP contribution in [0.1, 0.15) is 24.8 Å². The van der Waals surface area contributed by atoms with Crippen molar-refractivity contribution < 1.29 is 26.7 Å². The summed E-state index contributed by atoms with van der Waals surface area (Å²) in [6, 6.07) is 17.4. The predicted octanol–water partition coefficient (Wildman–Crippen LogP) is 6.77. The van der Waals surface area contributed by atoms with Gasteiger partial charge in [0, 0.05) is 42.5 Å². The summed E-state index contributed by atoms with van der Waals surface area (Å²) in [5, 5.41) is 4.11. The van der Waals surface area contributed by atoms with Gasteiger partial charge in [0.25, 0.3) is 10.0 Å². The fourth-order valence-electron chi connectivity index (χ4n) is 4.83. The summed E-state index contributed by atoms with van der Waals surface area (Å²) < 4.78 is 64.0. The van der Waals surface area contributed by atoms with Gasteiger partial charge < -0.3 is 19.7 Å². The number of nitrogens with zero attached hydrogens (tertiary/aromatic N) is 5. The van der Waals surface area contributed by atoms with Crippen molar-refractivity contribution in [3.63, 3.8) is 0 Å². The molecule has 0 radical (unpaired) electrons. The Balaban J connectivity index is 1.26. The third kappa shape index (κ3) is 7.81. The minimum Gasteiger partial charge on any atom is -0.435 e. The van der Waals surface area contributed by atoms with E-state index in [4.69, 9.17) is 14.7 Å². The highest BCUT2D eigenvalue weighted by Gasteiger charge is 2.21. The van der Waals surface area contributed by atoms with E-state index in [0.717, 1.165) is 40.5 Å². The van der Waals surface area contributed by atoms with Crippen LogP contribution in [0.25, 0.3) is 21.8 Å². The Labute approximate surface area is 274 Å². The number of benzene rings is 2. The molecule has 1 aliphatic rings. The first-order chi connectivity index (χ1) is 22.6. The summed E-state index contributed by atoms with van der Waals surface area (Å²) in [5.74, 6) is 1.13. The van der Waals surface area contributed by atoms with Crippen molar-refractivity contribution in [2.75, 3.05) is 41.2 Å². The molecular weight excluding hydrogens is 649 g/mol. The van der Waals surface area contributed by atoms with Gasteiger partial charge in [-0.25, -0.2) is 28.4 Å². The first-order valence-electron chi connectivity index (χ1n) is 14.7. The lowest BCUT2D eigenvalue weighted by molar-refractivity contribution is -0.0499. The number of sulfonamides is 1. The molecule has 2 aromatic carbocycles. The van der Waals surface area contributed by atoms with Crippen LogP contribution in [0.4, 0.5) is 31.9 Å². The third-order valence-corrected chi connectivity index (χ3v) is 9.85. The van der Waals surface area contributed by atoms with Crippen molar-refractivity contribution in [1.29, 1.82) is 0 Å². The molecule has 244 valence electrons. The number of morpholine rings is 1. The number of aromatic nitrogens is 4. The van der Waals surface area contributed by atoms with Crippen LogP contribution in [-0.2, 0) is 14.8 Å². The van der Waals surface area contributed by atoms with Crippen LogP contribution in [0.5, 0.6) is 5.75 Å². The number of thiazole rings is 1. The molecule has 0 saturated carbocycles. The smallest absolute Gasteiger partial charge is 0.387 e. The van der Waals surface area contributed by atoms with Gasteiger partial charge in [0.05, 0.1) is 51.3 Å². The van der Waals surface area contributed by atoms with Gasteiger partial charge in [-0.3, -0.25) is 4.72 Å². The number of ether oxygens (including phenoxy) is 2. The van der Waals surface area contributed by atoms with Crippen molar-refractivity contribution in [3.05, 3.63) is 84.1 Å². The van der Waals surface area contributed by atoms with E-state index in [1.54, 1.807) is 36.7 Å². The summed E-state index contributed by atoms with van der Waals surface area (Å²) in [6.07, 6.45) is 3.40. The first-order valence-corrected chi connectivity index (χ1v) is 17.0. The molecule has 4 heterocycles. The van der Waals surface area contributed by atoms with E-state index in [2.05, 4.69) is 29.6 Å². The van der Waals surface area contributed by atoms with E-state index in [9.17, 15) is 17.2 Å². The topological polar surface area (TPSA) is 131 Å². The van der Waals surface area contributed by atoms with Crippen LogP contribution in [0, 0.1) is 0 Å². The molecule has 2 N–H and O–H groups in total. The van der Waals surface area contributed by atoms with Crippen LogP contribution in [0.3, 0.4) is 0 Å². The number of hydrogen-bond acceptors (Lipinski definition) is 11. The van der Waals surface area contributed by atoms with E-state index >= 15 is 0 Å². The molecule has 47 heavy (non-hydrogen) atoms. The molecule has 3 aromatic heterocycles. The summed E-state index contributed by atoms with van der Waals surface area (Å²) in [7, 11) is -4.12. The Hall–Kier alpha value is -4.73. The Kier molecular flexibility index (Phi) is 9.56. The van der Waals surface area contributed by atoms with Gasteiger partial charge in [-0.2, -0.15) is 8.78 Å². The second-order valence-corrected chi connectivity index (χ2v) is 13.5. The number of rotatable bonds is 11. The molecule has 1 aliphatic heterocycles. The average Bonchev–Trinajstić information content (AvgIpc) is 3.52. The summed E-state index contributed by atoms with van der Waals surface area (Å²) in [6.45, 7) is 3.95. The minimum absolute atomic E-state index is 0.132. The van der Waals surface area contributed by atoms with Gasteiger partial charge in [-0.05, 0) is 42.5 Å². The summed E-state index contributed by atoms with van der Waals surface area (Å²) in [4.78, 5) is 21.4. The highest BCUT2D eigenvalue weighted by atomic mass is 32.2. The molecule has 0 unspecified atom stereocenters. The predicted molar refractivity (Wildman–Crippen MR) is 177 cm³/mol. The maximum Gasteiger partial charge on any atom is 0.387 e. The SMILES string of the molecule is CC(C)c1nc(-c2cccc(NS(=O)(=O)c3cccc(OC(F)F)c3)c2)c(-c2ccnc(Nc3ccc(N4CCOCC4)nc3)n2)s1. The second-order valence-electron chi connectivity index (χ2n) is 10.8. The molecule has 5 aromatic rings. The first kappa shape index (κ1) is 32.2. The zero-order chi connectivity index (χ0) is 33.0. The van der Waals surface area contributed by atoms with E-state index in [1.165, 1.54) is 29.5 Å². The van der Waals surface area contributed by atoms with Gasteiger partial charge in [-0.15, -0.1) is 11.3 Å². The van der Waals surface area contributed by atoms with Crippen molar-refractivity contribution >= 4 is 44.5 Å². The Bertz CT molecular complexity index is 1950. The van der Waals surface area contributed by atoms with Gasteiger partial charge in [-0.1, -0.05) is 32.0 Å². The molecule has 1 fully saturated rings. The fraction of sp³-hybridized carbons (Fsp3) is 0.250. The summed E-state index contributed by atoms with van der Waals surface area (Å²) >= 11 is 1.50. The number of pyridine rings is 1. The van der Waals surface area contributed by atoms with E-state index in [0.29, 0.717) is 36.1 Å². The van der Waals surface area contributed by atoms with Gasteiger partial charge >= 0.3 is 6.61 Å². The molecular formula is C32H31F2N7O4S2. The van der Waals surface area contributed by atoms with Gasteiger partial charge in [0.1, 0.15) is 11.6 Å². The molecule has 1 saturated heterocycles. The average molecular weight is 680 g/mol.